The Morgan fingerprint density at radius 1 is 1.08 bits per heavy atom. The molecule has 2 heterocycles. The van der Waals surface area contributed by atoms with Crippen molar-refractivity contribution in [3.05, 3.63) is 18.2 Å². The van der Waals surface area contributed by atoms with Gasteiger partial charge in [-0.25, -0.2) is 4.79 Å². The number of hydrogen-bond acceptors (Lipinski definition) is 3. The van der Waals surface area contributed by atoms with Crippen LogP contribution >= 0.6 is 0 Å². The van der Waals surface area contributed by atoms with Crippen LogP contribution in [0.3, 0.4) is 0 Å². The van der Waals surface area contributed by atoms with E-state index in [1.807, 2.05) is 17.0 Å². The fourth-order valence-corrected chi connectivity index (χ4v) is 3.36. The quantitative estimate of drug-likeness (QED) is 0.925. The van der Waals surface area contributed by atoms with Gasteiger partial charge in [0.1, 0.15) is 5.75 Å². The highest BCUT2D eigenvalue weighted by molar-refractivity contribution is 5.98. The number of carbonyl (C=O) groups is 2. The molecule has 2 fully saturated rings. The summed E-state index contributed by atoms with van der Waals surface area (Å²) >= 11 is 0. The summed E-state index contributed by atoms with van der Waals surface area (Å²) in [4.78, 5) is 28.1. The summed E-state index contributed by atoms with van der Waals surface area (Å²) < 4.78 is 5.38. The first-order valence-electron chi connectivity index (χ1n) is 8.73. The molecule has 130 valence electrons. The zero-order valence-corrected chi connectivity index (χ0v) is 14.2. The lowest BCUT2D eigenvalue weighted by molar-refractivity contribution is -0.117. The van der Waals surface area contributed by atoms with Crippen LogP contribution in [-0.4, -0.2) is 43.6 Å². The molecule has 6 nitrogen and oxygen atoms in total. The largest absolute Gasteiger partial charge is 0.495 e. The van der Waals surface area contributed by atoms with Crippen LogP contribution in [0.1, 0.15) is 38.5 Å². The van der Waals surface area contributed by atoms with Gasteiger partial charge in [0.15, 0.2) is 0 Å². The SMILES string of the molecule is COc1ccc(NC(=O)N2CCCCCC2)cc1N1CCCC1=O. The second-order valence-electron chi connectivity index (χ2n) is 6.37. The lowest BCUT2D eigenvalue weighted by Gasteiger charge is -2.23. The van der Waals surface area contributed by atoms with E-state index in [1.165, 1.54) is 12.8 Å². The topological polar surface area (TPSA) is 61.9 Å². The highest BCUT2D eigenvalue weighted by atomic mass is 16.5. The molecule has 0 saturated carbocycles. The summed E-state index contributed by atoms with van der Waals surface area (Å²) in [5, 5.41) is 2.96. The molecule has 0 aromatic heterocycles. The Hall–Kier alpha value is -2.24. The van der Waals surface area contributed by atoms with Gasteiger partial charge in [-0.1, -0.05) is 12.8 Å². The smallest absolute Gasteiger partial charge is 0.321 e. The van der Waals surface area contributed by atoms with E-state index >= 15 is 0 Å². The molecular weight excluding hydrogens is 306 g/mol. The molecule has 3 rings (SSSR count). The third-order valence-corrected chi connectivity index (χ3v) is 4.69. The molecular formula is C18H25N3O3. The molecule has 2 aliphatic rings. The highest BCUT2D eigenvalue weighted by Gasteiger charge is 2.25. The summed E-state index contributed by atoms with van der Waals surface area (Å²) in [6.07, 6.45) is 5.91. The molecule has 0 aliphatic carbocycles. The predicted molar refractivity (Wildman–Crippen MR) is 93.6 cm³/mol. The number of amides is 3. The number of likely N-dealkylation sites (tertiary alicyclic amines) is 1. The molecule has 3 amide bonds. The Morgan fingerprint density at radius 2 is 1.83 bits per heavy atom. The highest BCUT2D eigenvalue weighted by Crippen LogP contribution is 2.34. The molecule has 0 atom stereocenters. The van der Waals surface area contributed by atoms with Gasteiger partial charge in [-0.15, -0.1) is 0 Å². The van der Waals surface area contributed by atoms with Gasteiger partial charge in [-0.2, -0.15) is 0 Å². The Labute approximate surface area is 142 Å². The number of ether oxygens (including phenoxy) is 1. The van der Waals surface area contributed by atoms with Gasteiger partial charge < -0.3 is 19.9 Å². The summed E-state index contributed by atoms with van der Waals surface area (Å²) in [6, 6.07) is 5.38. The van der Waals surface area contributed by atoms with E-state index in [4.69, 9.17) is 4.74 Å². The molecule has 1 aromatic rings. The van der Waals surface area contributed by atoms with Crippen LogP contribution in [-0.2, 0) is 4.79 Å². The average molecular weight is 331 g/mol. The molecule has 0 bridgehead atoms. The first-order chi connectivity index (χ1) is 11.7. The van der Waals surface area contributed by atoms with Crippen molar-refractivity contribution in [3.63, 3.8) is 0 Å². The van der Waals surface area contributed by atoms with E-state index in [0.717, 1.165) is 38.0 Å². The van der Waals surface area contributed by atoms with Gasteiger partial charge in [0.25, 0.3) is 0 Å². The average Bonchev–Trinajstić information content (AvgIpc) is 2.85. The molecule has 0 radical (unpaired) electrons. The number of nitrogens with one attached hydrogen (secondary N) is 1. The van der Waals surface area contributed by atoms with Gasteiger partial charge in [-0.3, -0.25) is 4.79 Å². The lowest BCUT2D eigenvalue weighted by atomic mass is 10.2. The number of carbonyl (C=O) groups excluding carboxylic acids is 2. The van der Waals surface area contributed by atoms with E-state index in [9.17, 15) is 9.59 Å². The number of hydrogen-bond donors (Lipinski definition) is 1. The van der Waals surface area contributed by atoms with E-state index in [2.05, 4.69) is 5.32 Å². The van der Waals surface area contributed by atoms with Crippen LogP contribution in [0.5, 0.6) is 5.75 Å². The number of methoxy groups -OCH3 is 1. The second-order valence-corrected chi connectivity index (χ2v) is 6.37. The van der Waals surface area contributed by atoms with E-state index in [-0.39, 0.29) is 11.9 Å². The van der Waals surface area contributed by atoms with Crippen LogP contribution in [0, 0.1) is 0 Å². The second kappa shape index (κ2) is 7.55. The number of anilines is 2. The monoisotopic (exact) mass is 331 g/mol. The number of nitrogens with zero attached hydrogens (tertiary/aromatic N) is 2. The molecule has 2 aliphatic heterocycles. The maximum Gasteiger partial charge on any atom is 0.321 e. The molecule has 2 saturated heterocycles. The van der Waals surface area contributed by atoms with Crippen molar-refractivity contribution in [2.45, 2.75) is 38.5 Å². The normalized spacial score (nSPS) is 18.5. The van der Waals surface area contributed by atoms with Crippen molar-refractivity contribution in [2.24, 2.45) is 0 Å². The predicted octanol–water partition coefficient (Wildman–Crippen LogP) is 3.23. The van der Waals surface area contributed by atoms with E-state index < -0.39 is 0 Å². The van der Waals surface area contributed by atoms with Crippen molar-refractivity contribution in [2.75, 3.05) is 37.0 Å². The fourth-order valence-electron chi connectivity index (χ4n) is 3.36. The Morgan fingerprint density at radius 3 is 2.46 bits per heavy atom. The zero-order chi connectivity index (χ0) is 16.9. The third-order valence-electron chi connectivity index (χ3n) is 4.69. The minimum atomic E-state index is -0.0687. The van der Waals surface area contributed by atoms with Gasteiger partial charge in [-0.05, 0) is 37.5 Å². The molecule has 0 unspecified atom stereocenters. The van der Waals surface area contributed by atoms with Crippen LogP contribution in [0.15, 0.2) is 18.2 Å². The first kappa shape index (κ1) is 16.6. The number of rotatable bonds is 3. The third kappa shape index (κ3) is 3.63. The van der Waals surface area contributed by atoms with Crippen molar-refractivity contribution in [1.82, 2.24) is 4.90 Å². The van der Waals surface area contributed by atoms with Crippen molar-refractivity contribution in [3.8, 4) is 5.75 Å². The zero-order valence-electron chi connectivity index (χ0n) is 14.2. The summed E-state index contributed by atoms with van der Waals surface area (Å²) in [6.45, 7) is 2.30. The van der Waals surface area contributed by atoms with Crippen molar-refractivity contribution >= 4 is 23.3 Å². The summed E-state index contributed by atoms with van der Waals surface area (Å²) in [7, 11) is 1.59. The number of urea groups is 1. The molecule has 1 N–H and O–H groups in total. The van der Waals surface area contributed by atoms with Crippen LogP contribution in [0.4, 0.5) is 16.2 Å². The minimum Gasteiger partial charge on any atom is -0.495 e. The Bertz CT molecular complexity index is 610. The fraction of sp³-hybridized carbons (Fsp3) is 0.556. The van der Waals surface area contributed by atoms with Gasteiger partial charge >= 0.3 is 6.03 Å². The summed E-state index contributed by atoms with van der Waals surface area (Å²) in [5.41, 5.74) is 1.42. The van der Waals surface area contributed by atoms with Gasteiger partial charge in [0.2, 0.25) is 5.91 Å². The van der Waals surface area contributed by atoms with E-state index in [1.54, 1.807) is 18.1 Å². The van der Waals surface area contributed by atoms with E-state index in [0.29, 0.717) is 24.4 Å². The van der Waals surface area contributed by atoms with Gasteiger partial charge in [0.05, 0.1) is 12.8 Å². The van der Waals surface area contributed by atoms with Gasteiger partial charge in [0, 0.05) is 31.7 Å². The Kier molecular flexibility index (Phi) is 5.23. The minimum absolute atomic E-state index is 0.0687. The maximum atomic E-state index is 12.5. The molecule has 24 heavy (non-hydrogen) atoms. The first-order valence-corrected chi connectivity index (χ1v) is 8.73. The molecule has 0 spiro atoms. The molecule has 6 heteroatoms. The lowest BCUT2D eigenvalue weighted by Crippen LogP contribution is -2.35. The van der Waals surface area contributed by atoms with Crippen molar-refractivity contribution < 1.29 is 14.3 Å². The molecule has 1 aromatic carbocycles. The van der Waals surface area contributed by atoms with Crippen LogP contribution < -0.4 is 15.0 Å². The maximum absolute atomic E-state index is 12.5. The van der Waals surface area contributed by atoms with Crippen molar-refractivity contribution in [1.29, 1.82) is 0 Å². The standard InChI is InChI=1S/C18H25N3O3/c1-24-16-9-8-14(13-15(16)21-12-6-7-17(21)22)19-18(23)20-10-4-2-3-5-11-20/h8-9,13H,2-7,10-12H2,1H3,(H,19,23). The Balaban J connectivity index is 1.76. The number of benzene rings is 1. The van der Waals surface area contributed by atoms with Crippen LogP contribution in [0.25, 0.3) is 0 Å². The van der Waals surface area contributed by atoms with Crippen LogP contribution in [0.2, 0.25) is 0 Å². The summed E-state index contributed by atoms with van der Waals surface area (Å²) in [5.74, 6) is 0.752.